The van der Waals surface area contributed by atoms with Crippen molar-refractivity contribution in [2.45, 2.75) is 134 Å². The summed E-state index contributed by atoms with van der Waals surface area (Å²) in [6.07, 6.45) is 12.3. The van der Waals surface area contributed by atoms with Crippen LogP contribution in [0.1, 0.15) is 109 Å². The quantitative estimate of drug-likeness (QED) is 0.0493. The molecule has 1 aromatic carbocycles. The van der Waals surface area contributed by atoms with Crippen LogP contribution in [0.3, 0.4) is 0 Å². The Morgan fingerprint density at radius 1 is 0.684 bits per heavy atom. The third-order valence-corrected chi connectivity index (χ3v) is 9.52. The van der Waals surface area contributed by atoms with E-state index in [9.17, 15) is 38.7 Å². The lowest BCUT2D eigenvalue weighted by Gasteiger charge is -2.22. The third-order valence-electron chi connectivity index (χ3n) is 9.52. The molecular weight excluding hydrogens is 736 g/mol. The number of aliphatic carboxylic acids is 2. The van der Waals surface area contributed by atoms with Crippen LogP contribution in [0.2, 0.25) is 0 Å². The van der Waals surface area contributed by atoms with Gasteiger partial charge in [-0.2, -0.15) is 0 Å². The maximum atomic E-state index is 13.5. The number of carbonyl (C=O) groups is 7. The van der Waals surface area contributed by atoms with Crippen LogP contribution in [0.15, 0.2) is 30.5 Å². The minimum Gasteiger partial charge on any atom is -0.481 e. The first kappa shape index (κ1) is 48.1. The minimum atomic E-state index is -1.48. The van der Waals surface area contributed by atoms with E-state index in [-0.39, 0.29) is 38.1 Å². The molecule has 0 fully saturated rings. The average Bonchev–Trinajstić information content (AvgIpc) is 3.58. The van der Waals surface area contributed by atoms with E-state index in [2.05, 4.69) is 43.8 Å². The predicted molar refractivity (Wildman–Crippen MR) is 216 cm³/mol. The molecule has 1 heterocycles. The maximum Gasteiger partial charge on any atom is 0.326 e. The zero-order valence-electron chi connectivity index (χ0n) is 33.5. The summed E-state index contributed by atoms with van der Waals surface area (Å²) >= 11 is 0. The fourth-order valence-corrected chi connectivity index (χ4v) is 6.27. The summed E-state index contributed by atoms with van der Waals surface area (Å²) in [5.74, 6) is -5.23. The van der Waals surface area contributed by atoms with Crippen molar-refractivity contribution in [2.75, 3.05) is 26.2 Å². The molecule has 57 heavy (non-hydrogen) atoms. The van der Waals surface area contributed by atoms with E-state index in [1.165, 1.54) is 38.5 Å². The molecule has 0 radical (unpaired) electrons. The molecule has 0 bridgehead atoms. The van der Waals surface area contributed by atoms with Crippen molar-refractivity contribution in [1.29, 1.82) is 0 Å². The van der Waals surface area contributed by atoms with Gasteiger partial charge in [0.05, 0.1) is 6.04 Å². The van der Waals surface area contributed by atoms with Crippen LogP contribution in [0.4, 0.5) is 0 Å². The molecule has 5 amide bonds. The number of aromatic amines is 1. The Balaban J connectivity index is 1.87. The second-order valence-corrected chi connectivity index (χ2v) is 14.4. The number of carbonyl (C=O) groups excluding carboxylic acids is 5. The van der Waals surface area contributed by atoms with Crippen molar-refractivity contribution < 1.29 is 43.8 Å². The molecule has 17 nitrogen and oxygen atoms in total. The van der Waals surface area contributed by atoms with Crippen molar-refractivity contribution >= 4 is 52.4 Å². The Morgan fingerprint density at radius 3 is 2.02 bits per heavy atom. The standard InChI is InChI=1S/C40H64N8O9/c1-3-4-5-6-7-8-9-10-11-16-35(50)43-24-23-42-21-19-30(41)37(53)48-34(25-28-26-45-31-15-13-12-14-29(28)31)38(54)44-22-20-33(40(56)57)47-39(55)32(46-27(2)49)17-18-36(51)52/h12-15,26,30,32-34,42,45H,3-11,16-25,41H2,1-2H3,(H,43,50)(H,44,54)(H,46,49)(H,47,55)(H,48,53)(H,51,52)(H,56,57)/t30-,32+,33+,34+/m0/s1. The normalized spacial score (nSPS) is 13.2. The molecule has 11 N–H and O–H groups in total. The van der Waals surface area contributed by atoms with E-state index < -0.39 is 66.2 Å². The highest BCUT2D eigenvalue weighted by Gasteiger charge is 2.28. The smallest absolute Gasteiger partial charge is 0.326 e. The third kappa shape index (κ3) is 20.1. The number of carboxylic acid groups (broad SMARTS) is 2. The van der Waals surface area contributed by atoms with Crippen molar-refractivity contribution in [3.05, 3.63) is 36.0 Å². The summed E-state index contributed by atoms with van der Waals surface area (Å²) in [6, 6.07) is 2.65. The topological polar surface area (TPSA) is 274 Å². The summed E-state index contributed by atoms with van der Waals surface area (Å²) in [4.78, 5) is 89.3. The van der Waals surface area contributed by atoms with Crippen LogP contribution in [-0.4, -0.2) is 107 Å². The molecule has 0 aliphatic carbocycles. The number of nitrogens with two attached hydrogens (primary N) is 1. The molecule has 17 heteroatoms. The molecule has 0 aliphatic rings. The molecule has 0 aliphatic heterocycles. The first-order valence-electron chi connectivity index (χ1n) is 20.2. The Labute approximate surface area is 334 Å². The second kappa shape index (κ2) is 27.5. The van der Waals surface area contributed by atoms with E-state index in [0.29, 0.717) is 26.1 Å². The highest BCUT2D eigenvalue weighted by Crippen LogP contribution is 2.19. The van der Waals surface area contributed by atoms with E-state index >= 15 is 0 Å². The largest absolute Gasteiger partial charge is 0.481 e. The summed E-state index contributed by atoms with van der Waals surface area (Å²) < 4.78 is 0. The molecule has 0 saturated heterocycles. The number of para-hydroxylation sites is 1. The van der Waals surface area contributed by atoms with Gasteiger partial charge in [-0.15, -0.1) is 0 Å². The lowest BCUT2D eigenvalue weighted by Crippen LogP contribution is -2.54. The SMILES string of the molecule is CCCCCCCCCCCC(=O)NCCNCC[C@H](N)C(=O)N[C@H](Cc1c[nH]c2ccccc12)C(=O)NCC[C@@H](NC(=O)[C@@H](CCC(=O)O)NC(C)=O)C(=O)O. The number of aromatic nitrogens is 1. The molecule has 318 valence electrons. The van der Waals surface area contributed by atoms with E-state index in [4.69, 9.17) is 10.8 Å². The molecule has 2 aromatic rings. The Bertz CT molecular complexity index is 1580. The van der Waals surface area contributed by atoms with Gasteiger partial charge in [-0.05, 0) is 43.9 Å². The average molecular weight is 801 g/mol. The van der Waals surface area contributed by atoms with Gasteiger partial charge in [0.15, 0.2) is 0 Å². The van der Waals surface area contributed by atoms with Gasteiger partial charge in [0.2, 0.25) is 29.5 Å². The second-order valence-electron chi connectivity index (χ2n) is 14.4. The van der Waals surface area contributed by atoms with Crippen molar-refractivity contribution in [3.63, 3.8) is 0 Å². The zero-order valence-corrected chi connectivity index (χ0v) is 33.5. The number of hydrogen-bond donors (Lipinski definition) is 10. The number of amides is 5. The Morgan fingerprint density at radius 2 is 1.35 bits per heavy atom. The van der Waals surface area contributed by atoms with Gasteiger partial charge in [-0.3, -0.25) is 28.8 Å². The summed E-state index contributed by atoms with van der Waals surface area (Å²) in [7, 11) is 0. The van der Waals surface area contributed by atoms with Crippen LogP contribution >= 0.6 is 0 Å². The van der Waals surface area contributed by atoms with E-state index in [1.54, 1.807) is 6.20 Å². The van der Waals surface area contributed by atoms with Crippen LogP contribution in [0.5, 0.6) is 0 Å². The van der Waals surface area contributed by atoms with Crippen LogP contribution < -0.4 is 37.6 Å². The molecule has 4 atom stereocenters. The monoisotopic (exact) mass is 800 g/mol. The zero-order chi connectivity index (χ0) is 42.0. The highest BCUT2D eigenvalue weighted by molar-refractivity contribution is 5.92. The first-order valence-corrected chi connectivity index (χ1v) is 20.2. The Kier molecular flexibility index (Phi) is 23.3. The van der Waals surface area contributed by atoms with Gasteiger partial charge in [0.1, 0.15) is 18.1 Å². The number of hydrogen-bond acceptors (Lipinski definition) is 9. The number of benzene rings is 1. The Hall–Kier alpha value is -5.03. The lowest BCUT2D eigenvalue weighted by atomic mass is 10.0. The molecule has 0 unspecified atom stereocenters. The molecule has 2 rings (SSSR count). The first-order chi connectivity index (χ1) is 27.3. The van der Waals surface area contributed by atoms with Gasteiger partial charge in [-0.1, -0.05) is 76.5 Å². The molecule has 0 spiro atoms. The fraction of sp³-hybridized carbons (Fsp3) is 0.625. The van der Waals surface area contributed by atoms with Crippen molar-refractivity contribution in [1.82, 2.24) is 36.9 Å². The predicted octanol–water partition coefficient (Wildman–Crippen LogP) is 1.98. The van der Waals surface area contributed by atoms with Gasteiger partial charge in [-0.25, -0.2) is 4.79 Å². The molecule has 1 aromatic heterocycles. The van der Waals surface area contributed by atoms with Crippen molar-refractivity contribution in [3.8, 4) is 0 Å². The summed E-state index contributed by atoms with van der Waals surface area (Å²) in [5, 5.41) is 35.6. The highest BCUT2D eigenvalue weighted by atomic mass is 16.4. The number of nitrogens with one attached hydrogen (secondary N) is 7. The maximum absolute atomic E-state index is 13.5. The number of carboxylic acids is 2. The number of rotatable bonds is 31. The van der Waals surface area contributed by atoms with E-state index in [1.807, 2.05) is 24.3 Å². The van der Waals surface area contributed by atoms with Crippen LogP contribution in [0, 0.1) is 0 Å². The van der Waals surface area contributed by atoms with Crippen molar-refractivity contribution in [2.24, 2.45) is 5.73 Å². The van der Waals surface area contributed by atoms with Gasteiger partial charge in [0.25, 0.3) is 0 Å². The summed E-state index contributed by atoms with van der Waals surface area (Å²) in [5.41, 5.74) is 7.79. The molecule has 0 saturated carbocycles. The molecular formula is C40H64N8O9. The van der Waals surface area contributed by atoms with E-state index in [0.717, 1.165) is 42.7 Å². The minimum absolute atomic E-state index is 0.0159. The van der Waals surface area contributed by atoms with Gasteiger partial charge in [0, 0.05) is 62.9 Å². The van der Waals surface area contributed by atoms with Crippen LogP contribution in [0.25, 0.3) is 10.9 Å². The summed E-state index contributed by atoms with van der Waals surface area (Å²) in [6.45, 7) is 4.48. The number of fused-ring (bicyclic) bond motifs is 1. The number of H-pyrrole nitrogens is 1. The fourth-order valence-electron chi connectivity index (χ4n) is 6.27. The van der Waals surface area contributed by atoms with Gasteiger partial charge >= 0.3 is 11.9 Å². The lowest BCUT2D eigenvalue weighted by molar-refractivity contribution is -0.143. The van der Waals surface area contributed by atoms with Crippen LogP contribution in [-0.2, 0) is 40.0 Å². The number of unbranched alkanes of at least 4 members (excludes halogenated alkanes) is 8. The van der Waals surface area contributed by atoms with Gasteiger partial charge < -0.3 is 52.8 Å².